The van der Waals surface area contributed by atoms with Gasteiger partial charge in [-0.3, -0.25) is 0 Å². The number of hydrazine groups is 1. The van der Waals surface area contributed by atoms with Gasteiger partial charge in [0.15, 0.2) is 0 Å². The van der Waals surface area contributed by atoms with Gasteiger partial charge in [-0.25, -0.2) is 10.4 Å². The fourth-order valence-electron chi connectivity index (χ4n) is 3.28. The molecule has 1 fully saturated rings. The van der Waals surface area contributed by atoms with Crippen LogP contribution < -0.4 is 5.43 Å². The zero-order chi connectivity index (χ0) is 14.5. The van der Waals surface area contributed by atoms with E-state index in [2.05, 4.69) is 68.5 Å². The van der Waals surface area contributed by atoms with Gasteiger partial charge in [0.1, 0.15) is 0 Å². The number of benzene rings is 1. The fourth-order valence-corrected chi connectivity index (χ4v) is 3.28. The summed E-state index contributed by atoms with van der Waals surface area (Å²) in [4.78, 5) is 0. The highest BCUT2D eigenvalue weighted by molar-refractivity contribution is 5.18. The third kappa shape index (κ3) is 4.07. The molecule has 0 bridgehead atoms. The summed E-state index contributed by atoms with van der Waals surface area (Å²) in [6.45, 7) is 9.31. The lowest BCUT2D eigenvalue weighted by Gasteiger charge is -2.42. The first-order chi connectivity index (χ1) is 9.58. The molecule has 20 heavy (non-hydrogen) atoms. The Balaban J connectivity index is 2.11. The van der Waals surface area contributed by atoms with Crippen molar-refractivity contribution in [3.05, 3.63) is 35.9 Å². The monoisotopic (exact) mass is 274 g/mol. The second-order valence-electron chi connectivity index (χ2n) is 6.76. The smallest absolute Gasteiger partial charge is 0.0467 e. The van der Waals surface area contributed by atoms with E-state index in [4.69, 9.17) is 0 Å². The molecule has 1 aromatic rings. The molecule has 1 saturated heterocycles. The van der Waals surface area contributed by atoms with Crippen molar-refractivity contribution in [1.29, 1.82) is 0 Å². The van der Waals surface area contributed by atoms with Crippen LogP contribution in [0.2, 0.25) is 0 Å². The first kappa shape index (κ1) is 15.5. The Labute approximate surface area is 124 Å². The van der Waals surface area contributed by atoms with Crippen LogP contribution in [0.15, 0.2) is 30.3 Å². The zero-order valence-corrected chi connectivity index (χ0v) is 13.5. The normalized spacial score (nSPS) is 25.9. The molecular formula is C18H30N2. The average Bonchev–Trinajstić information content (AvgIpc) is 2.42. The van der Waals surface area contributed by atoms with Gasteiger partial charge in [0.25, 0.3) is 0 Å². The summed E-state index contributed by atoms with van der Waals surface area (Å²) in [6, 6.07) is 12.6. The molecule has 2 nitrogen and oxygen atoms in total. The van der Waals surface area contributed by atoms with Crippen LogP contribution in [-0.2, 0) is 0 Å². The predicted molar refractivity (Wildman–Crippen MR) is 86.4 cm³/mol. The molecule has 0 radical (unpaired) electrons. The van der Waals surface area contributed by atoms with Crippen LogP contribution in [0.3, 0.4) is 0 Å². The van der Waals surface area contributed by atoms with Crippen LogP contribution in [0.1, 0.15) is 65.0 Å². The lowest BCUT2D eigenvalue weighted by atomic mass is 9.96. The standard InChI is InChI=1S/C18H30N2/c1-14(2)13-18(17-11-6-5-7-12-17)19-20-15(3)9-8-10-16(20)4/h5-7,11-12,14-16,18-19H,8-10,13H2,1-4H3. The Kier molecular flexibility index (Phi) is 5.62. The van der Waals surface area contributed by atoms with E-state index in [9.17, 15) is 0 Å². The molecule has 0 amide bonds. The average molecular weight is 274 g/mol. The molecule has 0 aromatic heterocycles. The van der Waals surface area contributed by atoms with Gasteiger partial charge < -0.3 is 0 Å². The Morgan fingerprint density at radius 1 is 1.10 bits per heavy atom. The number of rotatable bonds is 5. The Bertz CT molecular complexity index is 378. The molecule has 1 aliphatic rings. The minimum atomic E-state index is 0.430. The molecule has 3 atom stereocenters. The van der Waals surface area contributed by atoms with E-state index >= 15 is 0 Å². The molecule has 0 aliphatic carbocycles. The van der Waals surface area contributed by atoms with Crippen molar-refractivity contribution in [2.75, 3.05) is 0 Å². The van der Waals surface area contributed by atoms with Crippen molar-refractivity contribution in [2.45, 2.75) is 71.5 Å². The molecular weight excluding hydrogens is 244 g/mol. The van der Waals surface area contributed by atoms with Crippen LogP contribution in [0.25, 0.3) is 0 Å². The molecule has 2 rings (SSSR count). The molecule has 1 heterocycles. The lowest BCUT2D eigenvalue weighted by molar-refractivity contribution is 0.0254. The molecule has 0 saturated carbocycles. The van der Waals surface area contributed by atoms with E-state index in [1.165, 1.54) is 31.2 Å². The summed E-state index contributed by atoms with van der Waals surface area (Å²) >= 11 is 0. The van der Waals surface area contributed by atoms with Crippen LogP contribution in [0, 0.1) is 5.92 Å². The molecule has 112 valence electrons. The van der Waals surface area contributed by atoms with Crippen LogP contribution in [0.4, 0.5) is 0 Å². The molecule has 1 aromatic carbocycles. The Hall–Kier alpha value is -0.860. The van der Waals surface area contributed by atoms with Gasteiger partial charge in [0, 0.05) is 18.1 Å². The molecule has 1 aliphatic heterocycles. The number of nitrogens with zero attached hydrogens (tertiary/aromatic N) is 1. The minimum absolute atomic E-state index is 0.430. The van der Waals surface area contributed by atoms with Gasteiger partial charge in [0.2, 0.25) is 0 Å². The van der Waals surface area contributed by atoms with Gasteiger partial charge in [-0.2, -0.15) is 0 Å². The lowest BCUT2D eigenvalue weighted by Crippen LogP contribution is -2.53. The molecule has 0 spiro atoms. The third-order valence-electron chi connectivity index (χ3n) is 4.41. The topological polar surface area (TPSA) is 15.3 Å². The summed E-state index contributed by atoms with van der Waals surface area (Å²) in [7, 11) is 0. The van der Waals surface area contributed by atoms with Gasteiger partial charge >= 0.3 is 0 Å². The Morgan fingerprint density at radius 2 is 1.70 bits per heavy atom. The van der Waals surface area contributed by atoms with E-state index in [0.29, 0.717) is 24.0 Å². The summed E-state index contributed by atoms with van der Waals surface area (Å²) in [5.74, 6) is 0.697. The zero-order valence-electron chi connectivity index (χ0n) is 13.5. The number of piperidine rings is 1. The van der Waals surface area contributed by atoms with Crippen LogP contribution in [-0.4, -0.2) is 17.1 Å². The van der Waals surface area contributed by atoms with Gasteiger partial charge in [-0.1, -0.05) is 50.6 Å². The number of hydrogen-bond acceptors (Lipinski definition) is 2. The van der Waals surface area contributed by atoms with E-state index < -0.39 is 0 Å². The second-order valence-corrected chi connectivity index (χ2v) is 6.76. The first-order valence-electron chi connectivity index (χ1n) is 8.17. The van der Waals surface area contributed by atoms with Gasteiger partial charge in [-0.05, 0) is 44.6 Å². The molecule has 3 unspecified atom stereocenters. The van der Waals surface area contributed by atoms with Crippen molar-refractivity contribution < 1.29 is 0 Å². The molecule has 2 heteroatoms. The Morgan fingerprint density at radius 3 is 2.25 bits per heavy atom. The third-order valence-corrected chi connectivity index (χ3v) is 4.41. The predicted octanol–water partition coefficient (Wildman–Crippen LogP) is 4.54. The highest BCUT2D eigenvalue weighted by Gasteiger charge is 2.27. The highest BCUT2D eigenvalue weighted by atomic mass is 15.5. The van der Waals surface area contributed by atoms with E-state index in [0.717, 1.165) is 0 Å². The second kappa shape index (κ2) is 7.24. The largest absolute Gasteiger partial charge is 0.247 e. The number of hydrogen-bond donors (Lipinski definition) is 1. The quantitative estimate of drug-likeness (QED) is 0.848. The summed E-state index contributed by atoms with van der Waals surface area (Å²) in [5.41, 5.74) is 5.24. The van der Waals surface area contributed by atoms with Gasteiger partial charge in [-0.15, -0.1) is 0 Å². The summed E-state index contributed by atoms with van der Waals surface area (Å²) in [5, 5.41) is 2.50. The summed E-state index contributed by atoms with van der Waals surface area (Å²) < 4.78 is 0. The molecule has 1 N–H and O–H groups in total. The SMILES string of the molecule is CC(C)CC(NN1C(C)CCCC1C)c1ccccc1. The van der Waals surface area contributed by atoms with Crippen molar-refractivity contribution in [3.63, 3.8) is 0 Å². The maximum Gasteiger partial charge on any atom is 0.0467 e. The van der Waals surface area contributed by atoms with Crippen molar-refractivity contribution in [2.24, 2.45) is 5.92 Å². The van der Waals surface area contributed by atoms with Crippen molar-refractivity contribution in [3.8, 4) is 0 Å². The van der Waals surface area contributed by atoms with Crippen molar-refractivity contribution in [1.82, 2.24) is 10.4 Å². The van der Waals surface area contributed by atoms with E-state index in [-0.39, 0.29) is 0 Å². The maximum atomic E-state index is 3.84. The minimum Gasteiger partial charge on any atom is -0.247 e. The highest BCUT2D eigenvalue weighted by Crippen LogP contribution is 2.26. The number of nitrogens with one attached hydrogen (secondary N) is 1. The van der Waals surface area contributed by atoms with E-state index in [1.807, 2.05) is 0 Å². The first-order valence-corrected chi connectivity index (χ1v) is 8.17. The summed E-state index contributed by atoms with van der Waals surface area (Å²) in [6.07, 6.45) is 5.15. The van der Waals surface area contributed by atoms with Gasteiger partial charge in [0.05, 0.1) is 0 Å². The maximum absolute atomic E-state index is 3.84. The van der Waals surface area contributed by atoms with Crippen LogP contribution in [0.5, 0.6) is 0 Å². The van der Waals surface area contributed by atoms with E-state index in [1.54, 1.807) is 0 Å². The van der Waals surface area contributed by atoms with Crippen molar-refractivity contribution >= 4 is 0 Å². The fraction of sp³-hybridized carbons (Fsp3) is 0.667. The van der Waals surface area contributed by atoms with Crippen LogP contribution >= 0.6 is 0 Å².